The molecule has 2 N–H and O–H groups in total. The molecule has 1 aliphatic rings. The number of aromatic nitrogens is 2. The van der Waals surface area contributed by atoms with Crippen LogP contribution in [0, 0.1) is 18.8 Å². The van der Waals surface area contributed by atoms with E-state index in [0.717, 1.165) is 24.6 Å². The second-order valence-electron chi connectivity index (χ2n) is 7.77. The molecule has 1 aromatic carbocycles. The molecule has 0 radical (unpaired) electrons. The van der Waals surface area contributed by atoms with Crippen molar-refractivity contribution < 1.29 is 0 Å². The molecule has 1 aliphatic heterocycles. The standard InChI is InChI=1S/C21H29N5S/c1-14-10-15(2)13-26(12-14)19-11-16(3)22-20(24-19)25-21(27)23-17(4)18-8-6-5-7-9-18/h5-9,11,14-15,17H,10,12-13H2,1-4H3,(H2,22,23,24,25,27)/t14-,15-,17+/m1/s1. The van der Waals surface area contributed by atoms with Gasteiger partial charge in [0.15, 0.2) is 5.11 Å². The molecule has 27 heavy (non-hydrogen) atoms. The Balaban J connectivity index is 1.68. The smallest absolute Gasteiger partial charge is 0.231 e. The minimum atomic E-state index is 0.110. The number of nitrogens with one attached hydrogen (secondary N) is 2. The van der Waals surface area contributed by atoms with E-state index in [2.05, 4.69) is 59.5 Å². The third-order valence-corrected chi connectivity index (χ3v) is 5.13. The van der Waals surface area contributed by atoms with Crippen LogP contribution in [-0.2, 0) is 0 Å². The summed E-state index contributed by atoms with van der Waals surface area (Å²) in [4.78, 5) is 11.6. The molecule has 3 rings (SSSR count). The van der Waals surface area contributed by atoms with Crippen molar-refractivity contribution in [2.75, 3.05) is 23.3 Å². The maximum atomic E-state index is 5.48. The van der Waals surface area contributed by atoms with E-state index in [9.17, 15) is 0 Å². The molecule has 1 aromatic heterocycles. The monoisotopic (exact) mass is 383 g/mol. The molecule has 0 aliphatic carbocycles. The Kier molecular flexibility index (Phi) is 6.26. The summed E-state index contributed by atoms with van der Waals surface area (Å²) < 4.78 is 0. The number of aryl methyl sites for hydroxylation is 1. The molecule has 2 heterocycles. The van der Waals surface area contributed by atoms with Crippen molar-refractivity contribution in [3.05, 3.63) is 47.7 Å². The average Bonchev–Trinajstić information content (AvgIpc) is 2.61. The first-order chi connectivity index (χ1) is 12.9. The number of thiocarbonyl (C=S) groups is 1. The number of hydrogen-bond donors (Lipinski definition) is 2. The van der Waals surface area contributed by atoms with Gasteiger partial charge in [-0.1, -0.05) is 44.2 Å². The van der Waals surface area contributed by atoms with E-state index in [1.165, 1.54) is 12.0 Å². The highest BCUT2D eigenvalue weighted by atomic mass is 32.1. The van der Waals surface area contributed by atoms with E-state index >= 15 is 0 Å². The van der Waals surface area contributed by atoms with Gasteiger partial charge in [-0.05, 0) is 49.9 Å². The third-order valence-electron chi connectivity index (χ3n) is 4.91. The number of benzene rings is 1. The quantitative estimate of drug-likeness (QED) is 0.767. The minimum absolute atomic E-state index is 0.110. The molecule has 144 valence electrons. The topological polar surface area (TPSA) is 53.1 Å². The van der Waals surface area contributed by atoms with E-state index in [0.29, 0.717) is 22.9 Å². The zero-order valence-electron chi connectivity index (χ0n) is 16.6. The van der Waals surface area contributed by atoms with Gasteiger partial charge in [-0.2, -0.15) is 4.98 Å². The van der Waals surface area contributed by atoms with Crippen LogP contribution in [0.3, 0.4) is 0 Å². The lowest BCUT2D eigenvalue weighted by molar-refractivity contribution is 0.355. The molecule has 0 saturated carbocycles. The summed E-state index contributed by atoms with van der Waals surface area (Å²) in [7, 11) is 0. The lowest BCUT2D eigenvalue weighted by Crippen LogP contribution is -2.39. The molecule has 0 unspecified atom stereocenters. The third kappa shape index (κ3) is 5.39. The number of piperidine rings is 1. The fourth-order valence-electron chi connectivity index (χ4n) is 3.78. The van der Waals surface area contributed by atoms with Gasteiger partial charge in [-0.25, -0.2) is 4.98 Å². The van der Waals surface area contributed by atoms with Crippen LogP contribution in [0.2, 0.25) is 0 Å². The van der Waals surface area contributed by atoms with E-state index in [1.807, 2.05) is 25.1 Å². The normalized spacial score (nSPS) is 20.8. The first-order valence-corrected chi connectivity index (χ1v) is 10.0. The predicted octanol–water partition coefficient (Wildman–Crippen LogP) is 4.31. The summed E-state index contributed by atoms with van der Waals surface area (Å²) in [6.45, 7) is 10.8. The first-order valence-electron chi connectivity index (χ1n) is 9.64. The fourth-order valence-corrected chi connectivity index (χ4v) is 4.05. The van der Waals surface area contributed by atoms with Crippen LogP contribution >= 0.6 is 12.2 Å². The van der Waals surface area contributed by atoms with E-state index in [1.54, 1.807) is 0 Å². The highest BCUT2D eigenvalue weighted by Gasteiger charge is 2.23. The summed E-state index contributed by atoms with van der Waals surface area (Å²) in [5, 5.41) is 6.99. The predicted molar refractivity (Wildman–Crippen MR) is 116 cm³/mol. The molecule has 2 aromatic rings. The van der Waals surface area contributed by atoms with Crippen LogP contribution in [0.25, 0.3) is 0 Å². The molecule has 3 atom stereocenters. The Morgan fingerprint density at radius 1 is 1.15 bits per heavy atom. The number of hydrogen-bond acceptors (Lipinski definition) is 4. The van der Waals surface area contributed by atoms with Crippen LogP contribution < -0.4 is 15.5 Å². The lowest BCUT2D eigenvalue weighted by atomic mass is 9.92. The van der Waals surface area contributed by atoms with Crippen LogP contribution in [0.5, 0.6) is 0 Å². The molecule has 0 amide bonds. The van der Waals surface area contributed by atoms with Gasteiger partial charge in [0, 0.05) is 24.8 Å². The van der Waals surface area contributed by atoms with Crippen LogP contribution in [0.1, 0.15) is 44.5 Å². The van der Waals surface area contributed by atoms with Crippen LogP contribution in [-0.4, -0.2) is 28.2 Å². The Morgan fingerprint density at radius 2 is 1.81 bits per heavy atom. The summed E-state index contributed by atoms with van der Waals surface area (Å²) in [5.41, 5.74) is 2.12. The second-order valence-corrected chi connectivity index (χ2v) is 8.18. The van der Waals surface area contributed by atoms with Crippen molar-refractivity contribution in [2.45, 2.75) is 40.2 Å². The van der Waals surface area contributed by atoms with Gasteiger partial charge in [0.1, 0.15) is 5.82 Å². The van der Waals surface area contributed by atoms with Crippen LogP contribution in [0.4, 0.5) is 11.8 Å². The summed E-state index contributed by atoms with van der Waals surface area (Å²) in [6.07, 6.45) is 1.27. The zero-order chi connectivity index (χ0) is 19.4. The van der Waals surface area contributed by atoms with Crippen molar-refractivity contribution in [1.29, 1.82) is 0 Å². The van der Waals surface area contributed by atoms with Crippen molar-refractivity contribution in [2.24, 2.45) is 11.8 Å². The van der Waals surface area contributed by atoms with E-state index < -0.39 is 0 Å². The average molecular weight is 384 g/mol. The Hall–Kier alpha value is -2.21. The molecule has 1 fully saturated rings. The van der Waals surface area contributed by atoms with Gasteiger partial charge >= 0.3 is 0 Å². The second kappa shape index (κ2) is 8.65. The fraction of sp³-hybridized carbons (Fsp3) is 0.476. The highest BCUT2D eigenvalue weighted by Crippen LogP contribution is 2.26. The Bertz CT molecular complexity index is 769. The molecule has 0 spiro atoms. The van der Waals surface area contributed by atoms with Gasteiger partial charge in [0.05, 0.1) is 6.04 Å². The molecule has 0 bridgehead atoms. The molecular weight excluding hydrogens is 354 g/mol. The SMILES string of the molecule is Cc1cc(N2C[C@H](C)C[C@@H](C)C2)nc(NC(=S)N[C@@H](C)c2ccccc2)n1. The summed E-state index contributed by atoms with van der Waals surface area (Å²) >= 11 is 5.48. The lowest BCUT2D eigenvalue weighted by Gasteiger charge is -2.36. The van der Waals surface area contributed by atoms with Crippen molar-refractivity contribution in [1.82, 2.24) is 15.3 Å². The van der Waals surface area contributed by atoms with Crippen molar-refractivity contribution in [3.63, 3.8) is 0 Å². The molecule has 6 heteroatoms. The Labute approximate surface area is 167 Å². The van der Waals surface area contributed by atoms with Crippen molar-refractivity contribution >= 4 is 29.1 Å². The minimum Gasteiger partial charge on any atom is -0.356 e. The summed E-state index contributed by atoms with van der Waals surface area (Å²) in [5.74, 6) is 2.88. The Morgan fingerprint density at radius 3 is 2.48 bits per heavy atom. The van der Waals surface area contributed by atoms with E-state index in [-0.39, 0.29) is 6.04 Å². The van der Waals surface area contributed by atoms with Gasteiger partial charge in [0.25, 0.3) is 0 Å². The zero-order valence-corrected chi connectivity index (χ0v) is 17.4. The number of anilines is 2. The molecule has 5 nitrogen and oxygen atoms in total. The van der Waals surface area contributed by atoms with Gasteiger partial charge in [-0.15, -0.1) is 0 Å². The first kappa shape index (κ1) is 19.5. The van der Waals surface area contributed by atoms with Crippen molar-refractivity contribution in [3.8, 4) is 0 Å². The van der Waals surface area contributed by atoms with Gasteiger partial charge in [0.2, 0.25) is 5.95 Å². The largest absolute Gasteiger partial charge is 0.356 e. The maximum Gasteiger partial charge on any atom is 0.231 e. The summed E-state index contributed by atoms with van der Waals surface area (Å²) in [6, 6.07) is 12.4. The van der Waals surface area contributed by atoms with Gasteiger partial charge < -0.3 is 15.5 Å². The number of nitrogens with zero attached hydrogens (tertiary/aromatic N) is 3. The highest BCUT2D eigenvalue weighted by molar-refractivity contribution is 7.80. The number of rotatable bonds is 4. The maximum absolute atomic E-state index is 5.48. The van der Waals surface area contributed by atoms with Gasteiger partial charge in [-0.3, -0.25) is 0 Å². The van der Waals surface area contributed by atoms with E-state index in [4.69, 9.17) is 17.2 Å². The molecular formula is C21H29N5S. The van der Waals surface area contributed by atoms with Crippen LogP contribution in [0.15, 0.2) is 36.4 Å². The molecule has 1 saturated heterocycles.